The minimum absolute atomic E-state index is 0.0676. The number of rotatable bonds is 4. The van der Waals surface area contributed by atoms with Crippen molar-refractivity contribution in [1.82, 2.24) is 9.55 Å². The Hall–Kier alpha value is -3.00. The van der Waals surface area contributed by atoms with Crippen LogP contribution in [0.15, 0.2) is 34.4 Å². The average Bonchev–Trinajstić information content (AvgIpc) is 2.98. The molecular weight excluding hydrogens is 344 g/mol. The Bertz CT molecular complexity index is 1070. The second-order valence-corrected chi connectivity index (χ2v) is 6.49. The van der Waals surface area contributed by atoms with Gasteiger partial charge in [-0.15, -0.1) is 11.3 Å². The van der Waals surface area contributed by atoms with E-state index in [-0.39, 0.29) is 21.6 Å². The van der Waals surface area contributed by atoms with E-state index < -0.39 is 23.5 Å². The highest BCUT2D eigenvalue weighted by molar-refractivity contribution is 7.17. The van der Waals surface area contributed by atoms with Gasteiger partial charge in [-0.1, -0.05) is 23.8 Å². The number of thiophene rings is 1. The lowest BCUT2D eigenvalue weighted by Crippen LogP contribution is -2.30. The van der Waals surface area contributed by atoms with E-state index in [1.807, 2.05) is 13.0 Å². The Kier molecular flexibility index (Phi) is 4.13. The summed E-state index contributed by atoms with van der Waals surface area (Å²) in [6, 6.07) is 6.00. The summed E-state index contributed by atoms with van der Waals surface area (Å²) in [6.07, 6.45) is 0. The van der Waals surface area contributed by atoms with Gasteiger partial charge < -0.3 is 10.2 Å². The smallest absolute Gasteiger partial charge is 0.337 e. The molecule has 1 unspecified atom stereocenters. The van der Waals surface area contributed by atoms with E-state index >= 15 is 0 Å². The number of hydrogen-bond donors (Lipinski definition) is 2. The van der Waals surface area contributed by atoms with Gasteiger partial charge in [0.1, 0.15) is 16.7 Å². The monoisotopic (exact) mass is 358 g/mol. The molecule has 0 saturated carbocycles. The van der Waals surface area contributed by atoms with Crippen LogP contribution in [0, 0.1) is 6.92 Å². The minimum Gasteiger partial charge on any atom is -0.480 e. The predicted octanol–water partition coefficient (Wildman–Crippen LogP) is 2.78. The summed E-state index contributed by atoms with van der Waals surface area (Å²) in [4.78, 5) is 40.5. The normalized spacial score (nSPS) is 12.2. The van der Waals surface area contributed by atoms with Crippen LogP contribution in [0.4, 0.5) is 0 Å². The molecule has 0 aliphatic carbocycles. The molecule has 8 heteroatoms. The van der Waals surface area contributed by atoms with Crippen molar-refractivity contribution in [3.05, 3.63) is 51.1 Å². The van der Waals surface area contributed by atoms with E-state index in [0.717, 1.165) is 21.5 Å². The lowest BCUT2D eigenvalue weighted by atomic mass is 10.1. The van der Waals surface area contributed by atoms with E-state index in [9.17, 15) is 24.6 Å². The number of aryl methyl sites for hydroxylation is 1. The second-order valence-electron chi connectivity index (χ2n) is 5.63. The first-order chi connectivity index (χ1) is 11.8. The van der Waals surface area contributed by atoms with Gasteiger partial charge in [-0.05, 0) is 19.9 Å². The van der Waals surface area contributed by atoms with Crippen molar-refractivity contribution in [3.8, 4) is 11.4 Å². The number of hydrogen-bond acceptors (Lipinski definition) is 5. The van der Waals surface area contributed by atoms with Crippen LogP contribution < -0.4 is 5.56 Å². The van der Waals surface area contributed by atoms with Crippen LogP contribution in [0.3, 0.4) is 0 Å². The molecule has 1 atom stereocenters. The number of carbonyl (C=O) groups is 2. The van der Waals surface area contributed by atoms with Gasteiger partial charge in [0.05, 0.1) is 10.9 Å². The molecule has 3 aromatic rings. The van der Waals surface area contributed by atoms with Gasteiger partial charge >= 0.3 is 11.9 Å². The third-order valence-corrected chi connectivity index (χ3v) is 4.76. The highest BCUT2D eigenvalue weighted by Crippen LogP contribution is 2.27. The van der Waals surface area contributed by atoms with Crippen LogP contribution in [0.2, 0.25) is 0 Å². The van der Waals surface area contributed by atoms with Crippen molar-refractivity contribution in [2.24, 2.45) is 0 Å². The maximum atomic E-state index is 12.9. The summed E-state index contributed by atoms with van der Waals surface area (Å²) < 4.78 is 1.04. The van der Waals surface area contributed by atoms with E-state index in [0.29, 0.717) is 5.56 Å². The van der Waals surface area contributed by atoms with Gasteiger partial charge in [0.15, 0.2) is 0 Å². The summed E-state index contributed by atoms with van der Waals surface area (Å²) in [5.74, 6) is -2.25. The fourth-order valence-corrected chi connectivity index (χ4v) is 3.52. The summed E-state index contributed by atoms with van der Waals surface area (Å²) in [5, 5.41) is 19.9. The number of carboxylic acid groups (broad SMARTS) is 2. The SMILES string of the molecule is Cc1cccc(-c2nc3scc(C(=O)O)c3c(=O)n2C(C)C(=O)O)c1. The predicted molar refractivity (Wildman–Crippen MR) is 93.4 cm³/mol. The first-order valence-electron chi connectivity index (χ1n) is 7.38. The van der Waals surface area contributed by atoms with Gasteiger partial charge in [0.2, 0.25) is 0 Å². The van der Waals surface area contributed by atoms with Crippen LogP contribution in [0.1, 0.15) is 28.9 Å². The maximum Gasteiger partial charge on any atom is 0.337 e. The molecule has 7 nitrogen and oxygen atoms in total. The molecule has 3 rings (SSSR count). The molecule has 0 radical (unpaired) electrons. The van der Waals surface area contributed by atoms with Gasteiger partial charge in [-0.25, -0.2) is 14.6 Å². The number of benzene rings is 1. The van der Waals surface area contributed by atoms with E-state index in [2.05, 4.69) is 4.98 Å². The van der Waals surface area contributed by atoms with Crippen LogP contribution in [-0.2, 0) is 4.79 Å². The molecule has 0 spiro atoms. The van der Waals surface area contributed by atoms with E-state index in [1.54, 1.807) is 18.2 Å². The Balaban J connectivity index is 2.44. The second kappa shape index (κ2) is 6.14. The Labute approximate surface area is 145 Å². The summed E-state index contributed by atoms with van der Waals surface area (Å²) >= 11 is 1.05. The maximum absolute atomic E-state index is 12.9. The number of aromatic carboxylic acids is 1. The molecule has 0 bridgehead atoms. The van der Waals surface area contributed by atoms with Crippen molar-refractivity contribution in [2.75, 3.05) is 0 Å². The van der Waals surface area contributed by atoms with Gasteiger partial charge in [0.25, 0.3) is 5.56 Å². The number of fused-ring (bicyclic) bond motifs is 1. The van der Waals surface area contributed by atoms with E-state index in [4.69, 9.17) is 0 Å². The molecule has 0 aliphatic rings. The number of carboxylic acids is 2. The third kappa shape index (κ3) is 2.80. The Morgan fingerprint density at radius 2 is 2.00 bits per heavy atom. The van der Waals surface area contributed by atoms with Crippen molar-refractivity contribution in [2.45, 2.75) is 19.9 Å². The summed E-state index contributed by atoms with van der Waals surface area (Å²) in [5.41, 5.74) is 0.686. The van der Waals surface area contributed by atoms with Crippen molar-refractivity contribution >= 4 is 33.5 Å². The van der Waals surface area contributed by atoms with Crippen molar-refractivity contribution < 1.29 is 19.8 Å². The first-order valence-corrected chi connectivity index (χ1v) is 8.26. The lowest BCUT2D eigenvalue weighted by molar-refractivity contribution is -0.140. The topological polar surface area (TPSA) is 109 Å². The molecule has 2 aromatic heterocycles. The van der Waals surface area contributed by atoms with E-state index in [1.165, 1.54) is 12.3 Å². The first kappa shape index (κ1) is 16.8. The largest absolute Gasteiger partial charge is 0.480 e. The molecule has 0 fully saturated rings. The number of nitrogens with zero attached hydrogens (tertiary/aromatic N) is 2. The van der Waals surface area contributed by atoms with Crippen LogP contribution in [-0.4, -0.2) is 31.7 Å². The molecular formula is C17H14N2O5S. The fraction of sp³-hybridized carbons (Fsp3) is 0.176. The highest BCUT2D eigenvalue weighted by atomic mass is 32.1. The lowest BCUT2D eigenvalue weighted by Gasteiger charge is -2.16. The Morgan fingerprint density at radius 1 is 1.28 bits per heavy atom. The molecule has 0 saturated heterocycles. The Morgan fingerprint density at radius 3 is 2.60 bits per heavy atom. The zero-order valence-corrected chi connectivity index (χ0v) is 14.2. The van der Waals surface area contributed by atoms with Crippen molar-refractivity contribution in [3.63, 3.8) is 0 Å². The zero-order chi connectivity index (χ0) is 18.3. The molecule has 0 aliphatic heterocycles. The van der Waals surface area contributed by atoms with Crippen LogP contribution >= 0.6 is 11.3 Å². The average molecular weight is 358 g/mol. The van der Waals surface area contributed by atoms with Crippen LogP contribution in [0.5, 0.6) is 0 Å². The number of aliphatic carboxylic acids is 1. The standard InChI is InChI=1S/C17H14N2O5S/c1-8-4-3-5-10(6-8)13-18-14-12(11(7-25-14)17(23)24)15(20)19(13)9(2)16(21)22/h3-7,9H,1-2H3,(H,21,22)(H,23,24). The zero-order valence-electron chi connectivity index (χ0n) is 13.4. The molecule has 0 amide bonds. The quantitative estimate of drug-likeness (QED) is 0.742. The van der Waals surface area contributed by atoms with Gasteiger partial charge in [0, 0.05) is 10.9 Å². The number of aromatic nitrogens is 2. The molecule has 2 heterocycles. The molecule has 1 aromatic carbocycles. The minimum atomic E-state index is -1.25. The van der Waals surface area contributed by atoms with Gasteiger partial charge in [-0.2, -0.15) is 0 Å². The summed E-state index contributed by atoms with van der Waals surface area (Å²) in [6.45, 7) is 3.24. The molecule has 128 valence electrons. The summed E-state index contributed by atoms with van der Waals surface area (Å²) in [7, 11) is 0. The molecule has 25 heavy (non-hydrogen) atoms. The van der Waals surface area contributed by atoms with Crippen LogP contribution in [0.25, 0.3) is 21.6 Å². The molecule has 2 N–H and O–H groups in total. The fourth-order valence-electron chi connectivity index (χ4n) is 2.62. The van der Waals surface area contributed by atoms with Gasteiger partial charge in [-0.3, -0.25) is 9.36 Å². The van der Waals surface area contributed by atoms with Crippen molar-refractivity contribution in [1.29, 1.82) is 0 Å². The third-order valence-electron chi connectivity index (χ3n) is 3.89. The highest BCUT2D eigenvalue weighted by Gasteiger charge is 2.25.